The highest BCUT2D eigenvalue weighted by Gasteiger charge is 2.32. The molecule has 1 fully saturated rings. The van der Waals surface area contributed by atoms with Gasteiger partial charge in [-0.2, -0.15) is 0 Å². The van der Waals surface area contributed by atoms with E-state index in [0.29, 0.717) is 16.6 Å². The van der Waals surface area contributed by atoms with Crippen LogP contribution in [-0.4, -0.2) is 31.2 Å². The van der Waals surface area contributed by atoms with Crippen molar-refractivity contribution >= 4 is 62.2 Å². The lowest BCUT2D eigenvalue weighted by Gasteiger charge is -2.17. The van der Waals surface area contributed by atoms with Crippen LogP contribution >= 0.6 is 34.7 Å². The second-order valence-corrected chi connectivity index (χ2v) is 11.2. The van der Waals surface area contributed by atoms with Gasteiger partial charge in [-0.1, -0.05) is 42.4 Å². The van der Waals surface area contributed by atoms with Crippen molar-refractivity contribution in [1.29, 1.82) is 0 Å². The largest absolute Gasteiger partial charge is 0.324 e. The Bertz CT molecular complexity index is 1360. The SMILES string of the molecule is C[C@H]1CCc2c(sc3nc(C4CC4)n4c(SCC(=O)Nc5ccccc5Cl)nnc4c23)C1. The zero-order chi connectivity index (χ0) is 21.8. The topological polar surface area (TPSA) is 72.2 Å². The normalized spacial score (nSPS) is 18.2. The monoisotopic (exact) mass is 483 g/mol. The summed E-state index contributed by atoms with van der Waals surface area (Å²) in [6, 6.07) is 7.25. The number of hydrogen-bond donors (Lipinski definition) is 1. The average molecular weight is 484 g/mol. The van der Waals surface area contributed by atoms with E-state index in [-0.39, 0.29) is 11.7 Å². The van der Waals surface area contributed by atoms with Crippen molar-refractivity contribution in [2.24, 2.45) is 5.92 Å². The molecule has 0 bridgehead atoms. The van der Waals surface area contributed by atoms with Crippen LogP contribution in [0.5, 0.6) is 0 Å². The van der Waals surface area contributed by atoms with Gasteiger partial charge < -0.3 is 5.32 Å². The van der Waals surface area contributed by atoms with Crippen LogP contribution in [0.1, 0.15) is 48.4 Å². The number of carbonyl (C=O) groups is 1. The number of amides is 1. The number of thioether (sulfide) groups is 1. The summed E-state index contributed by atoms with van der Waals surface area (Å²) in [7, 11) is 0. The van der Waals surface area contributed by atoms with Gasteiger partial charge in [-0.25, -0.2) is 4.98 Å². The summed E-state index contributed by atoms with van der Waals surface area (Å²) >= 11 is 9.39. The van der Waals surface area contributed by atoms with Crippen molar-refractivity contribution in [2.75, 3.05) is 11.1 Å². The third-order valence-corrected chi connectivity index (χ3v) is 8.62. The molecule has 1 saturated carbocycles. The quantitative estimate of drug-likeness (QED) is 0.367. The Kier molecular flexibility index (Phi) is 5.12. The Balaban J connectivity index is 1.35. The van der Waals surface area contributed by atoms with E-state index in [2.05, 4.69) is 26.8 Å². The Morgan fingerprint density at radius 3 is 2.94 bits per heavy atom. The number of thiophene rings is 1. The molecule has 3 aromatic heterocycles. The van der Waals surface area contributed by atoms with Crippen molar-refractivity contribution in [3.63, 3.8) is 0 Å². The summed E-state index contributed by atoms with van der Waals surface area (Å²) in [4.78, 5) is 20.2. The van der Waals surface area contributed by atoms with E-state index >= 15 is 0 Å². The predicted octanol–water partition coefficient (Wildman–Crippen LogP) is 5.73. The molecule has 1 atom stereocenters. The molecule has 4 aromatic rings. The Morgan fingerprint density at radius 2 is 2.12 bits per heavy atom. The molecular formula is C23H22ClN5OS2. The predicted molar refractivity (Wildman–Crippen MR) is 130 cm³/mol. The maximum Gasteiger partial charge on any atom is 0.234 e. The van der Waals surface area contributed by atoms with E-state index < -0.39 is 0 Å². The van der Waals surface area contributed by atoms with E-state index in [1.807, 2.05) is 23.5 Å². The van der Waals surface area contributed by atoms with Gasteiger partial charge in [-0.15, -0.1) is 21.5 Å². The van der Waals surface area contributed by atoms with Crippen molar-refractivity contribution < 1.29 is 4.79 Å². The first-order valence-electron chi connectivity index (χ1n) is 10.9. The van der Waals surface area contributed by atoms with Crippen LogP contribution in [-0.2, 0) is 17.6 Å². The van der Waals surface area contributed by atoms with E-state index in [4.69, 9.17) is 16.6 Å². The van der Waals surface area contributed by atoms with Crippen LogP contribution in [0, 0.1) is 5.92 Å². The Labute approximate surface area is 198 Å². The van der Waals surface area contributed by atoms with Crippen LogP contribution in [0.25, 0.3) is 15.9 Å². The maximum atomic E-state index is 12.6. The summed E-state index contributed by atoms with van der Waals surface area (Å²) in [5.41, 5.74) is 2.92. The number of anilines is 1. The van der Waals surface area contributed by atoms with Crippen molar-refractivity contribution in [3.8, 4) is 0 Å². The van der Waals surface area contributed by atoms with Crippen molar-refractivity contribution in [2.45, 2.75) is 50.1 Å². The van der Waals surface area contributed by atoms with Crippen LogP contribution in [0.4, 0.5) is 5.69 Å². The molecule has 1 aromatic carbocycles. The highest BCUT2D eigenvalue weighted by molar-refractivity contribution is 7.99. The van der Waals surface area contributed by atoms with Gasteiger partial charge in [0.25, 0.3) is 0 Å². The molecule has 0 aliphatic heterocycles. The first-order valence-corrected chi connectivity index (χ1v) is 13.1. The molecule has 0 spiro atoms. The van der Waals surface area contributed by atoms with Crippen LogP contribution in [0.2, 0.25) is 5.02 Å². The molecule has 1 N–H and O–H groups in total. The standard InChI is InChI=1S/C23H22ClN5OS2/c1-12-6-9-14-17(10-12)32-22-19(14)21-27-28-23(29(21)20(26-22)13-7-8-13)31-11-18(30)25-16-5-3-2-4-15(16)24/h2-5,12-13H,6-11H2,1H3,(H,25,30)/t12-/m0/s1. The lowest BCUT2D eigenvalue weighted by molar-refractivity contribution is -0.113. The van der Waals surface area contributed by atoms with E-state index in [0.717, 1.165) is 53.1 Å². The fourth-order valence-corrected chi connectivity index (χ4v) is 6.73. The number of para-hydroxylation sites is 1. The molecule has 0 unspecified atom stereocenters. The molecule has 1 amide bonds. The third kappa shape index (κ3) is 3.58. The minimum Gasteiger partial charge on any atom is -0.324 e. The fraction of sp³-hybridized carbons (Fsp3) is 0.391. The summed E-state index contributed by atoms with van der Waals surface area (Å²) in [6.45, 7) is 2.32. The van der Waals surface area contributed by atoms with Gasteiger partial charge in [0, 0.05) is 10.8 Å². The van der Waals surface area contributed by atoms with Gasteiger partial charge >= 0.3 is 0 Å². The Morgan fingerprint density at radius 1 is 1.28 bits per heavy atom. The second kappa shape index (κ2) is 8.01. The zero-order valence-electron chi connectivity index (χ0n) is 17.6. The van der Waals surface area contributed by atoms with Crippen LogP contribution in [0.15, 0.2) is 29.4 Å². The first-order chi connectivity index (χ1) is 15.6. The number of halogens is 1. The van der Waals surface area contributed by atoms with Gasteiger partial charge in [0.05, 0.1) is 21.8 Å². The van der Waals surface area contributed by atoms with Gasteiger partial charge in [-0.05, 0) is 55.7 Å². The number of carbonyl (C=O) groups excluding carboxylic acids is 1. The molecular weight excluding hydrogens is 462 g/mol. The molecule has 9 heteroatoms. The summed E-state index contributed by atoms with van der Waals surface area (Å²) in [5.74, 6) is 2.32. The highest BCUT2D eigenvalue weighted by atomic mass is 35.5. The molecule has 0 radical (unpaired) electrons. The first kappa shape index (κ1) is 20.4. The van der Waals surface area contributed by atoms with E-state index in [1.165, 1.54) is 34.0 Å². The molecule has 0 saturated heterocycles. The lowest BCUT2D eigenvalue weighted by Crippen LogP contribution is -2.14. The molecule has 3 heterocycles. The number of aromatic nitrogens is 4. The molecule has 2 aliphatic carbocycles. The third-order valence-electron chi connectivity index (χ3n) is 6.22. The second-order valence-electron chi connectivity index (χ2n) is 8.73. The van der Waals surface area contributed by atoms with Crippen LogP contribution in [0.3, 0.4) is 0 Å². The average Bonchev–Trinajstić information content (AvgIpc) is 3.44. The summed E-state index contributed by atoms with van der Waals surface area (Å²) in [5, 5.41) is 14.4. The maximum absolute atomic E-state index is 12.6. The van der Waals surface area contributed by atoms with Gasteiger partial charge in [0.15, 0.2) is 10.8 Å². The molecule has 32 heavy (non-hydrogen) atoms. The lowest BCUT2D eigenvalue weighted by atomic mass is 9.89. The summed E-state index contributed by atoms with van der Waals surface area (Å²) in [6.07, 6.45) is 5.69. The molecule has 6 nitrogen and oxygen atoms in total. The van der Waals surface area contributed by atoms with E-state index in [9.17, 15) is 4.79 Å². The highest BCUT2D eigenvalue weighted by Crippen LogP contribution is 2.44. The molecule has 164 valence electrons. The van der Waals surface area contributed by atoms with Gasteiger partial charge in [0.1, 0.15) is 10.7 Å². The minimum absolute atomic E-state index is 0.122. The smallest absolute Gasteiger partial charge is 0.234 e. The van der Waals surface area contributed by atoms with Crippen molar-refractivity contribution in [3.05, 3.63) is 45.6 Å². The number of hydrogen-bond acceptors (Lipinski definition) is 6. The number of nitrogens with zero attached hydrogens (tertiary/aromatic N) is 4. The summed E-state index contributed by atoms with van der Waals surface area (Å²) < 4.78 is 2.11. The van der Waals surface area contributed by atoms with Crippen molar-refractivity contribution in [1.82, 2.24) is 19.6 Å². The fourth-order valence-electron chi connectivity index (χ4n) is 4.43. The number of benzene rings is 1. The zero-order valence-corrected chi connectivity index (χ0v) is 20.0. The van der Waals surface area contributed by atoms with Crippen LogP contribution < -0.4 is 5.32 Å². The van der Waals surface area contributed by atoms with Gasteiger partial charge in [-0.3, -0.25) is 9.20 Å². The number of nitrogens with one attached hydrogen (secondary N) is 1. The number of rotatable bonds is 5. The van der Waals surface area contributed by atoms with E-state index in [1.54, 1.807) is 12.1 Å². The number of aryl methyl sites for hydroxylation is 1. The minimum atomic E-state index is -0.122. The molecule has 6 rings (SSSR count). The Hall–Kier alpha value is -2.16. The molecule has 2 aliphatic rings. The van der Waals surface area contributed by atoms with Gasteiger partial charge in [0.2, 0.25) is 5.91 Å². The number of fused-ring (bicyclic) bond motifs is 5.